The van der Waals surface area contributed by atoms with Gasteiger partial charge in [0, 0.05) is 18.2 Å². The average molecular weight is 263 g/mol. The Labute approximate surface area is 114 Å². The van der Waals surface area contributed by atoms with Crippen molar-refractivity contribution in [3.63, 3.8) is 0 Å². The van der Waals surface area contributed by atoms with Gasteiger partial charge in [-0.25, -0.2) is 0 Å². The second kappa shape index (κ2) is 4.43. The van der Waals surface area contributed by atoms with Gasteiger partial charge in [0.05, 0.1) is 5.69 Å². The van der Waals surface area contributed by atoms with Gasteiger partial charge in [0.1, 0.15) is 0 Å². The Morgan fingerprint density at radius 1 is 1.11 bits per heavy atom. The number of aromatic nitrogens is 2. The Morgan fingerprint density at radius 2 is 1.67 bits per heavy atom. The first-order valence-corrected chi connectivity index (χ1v) is 6.48. The van der Waals surface area contributed by atoms with Crippen LogP contribution in [-0.2, 0) is 12.5 Å². The van der Waals surface area contributed by atoms with Gasteiger partial charge in [-0.1, -0.05) is 56.6 Å². The normalized spacial score (nSPS) is 11.9. The number of benzene rings is 1. The molecule has 1 heterocycles. The van der Waals surface area contributed by atoms with E-state index in [2.05, 4.69) is 50.1 Å². The Hall–Kier alpha value is -1.28. The fraction of sp³-hybridized carbons (Fsp3) is 0.400. The van der Waals surface area contributed by atoms with E-state index in [9.17, 15) is 0 Å². The summed E-state index contributed by atoms with van der Waals surface area (Å²) in [4.78, 5) is 0. The molecule has 0 atom stereocenters. The molecule has 1 aromatic heterocycles. The summed E-state index contributed by atoms with van der Waals surface area (Å²) in [7, 11) is 1.92. The summed E-state index contributed by atoms with van der Waals surface area (Å²) in [5.41, 5.74) is 4.78. The van der Waals surface area contributed by atoms with E-state index in [-0.39, 0.29) is 5.41 Å². The fourth-order valence-electron chi connectivity index (χ4n) is 2.13. The van der Waals surface area contributed by atoms with E-state index in [1.807, 2.05) is 18.7 Å². The molecule has 0 saturated heterocycles. The van der Waals surface area contributed by atoms with Crippen LogP contribution in [0.3, 0.4) is 0 Å². The summed E-state index contributed by atoms with van der Waals surface area (Å²) in [6.07, 6.45) is 0. The number of aryl methyl sites for hydroxylation is 1. The third-order valence-corrected chi connectivity index (χ3v) is 3.61. The lowest BCUT2D eigenvalue weighted by atomic mass is 9.86. The van der Waals surface area contributed by atoms with Crippen LogP contribution in [0.4, 0.5) is 0 Å². The minimum absolute atomic E-state index is 0.178. The zero-order valence-corrected chi connectivity index (χ0v) is 12.3. The molecule has 0 fully saturated rings. The number of hydrogen-bond acceptors (Lipinski definition) is 1. The molecule has 96 valence electrons. The standard InChI is InChI=1S/C15H19ClN2/c1-10-13(18(5)17-14(10)16)11-6-8-12(9-7-11)15(2,3)4/h6-9H,1-5H3. The van der Waals surface area contributed by atoms with E-state index in [1.54, 1.807) is 0 Å². The summed E-state index contributed by atoms with van der Waals surface area (Å²) in [6.45, 7) is 8.65. The van der Waals surface area contributed by atoms with Crippen LogP contribution in [0.1, 0.15) is 31.9 Å². The molecule has 3 heteroatoms. The maximum atomic E-state index is 6.06. The minimum atomic E-state index is 0.178. The first-order valence-electron chi connectivity index (χ1n) is 6.10. The molecule has 1 aromatic carbocycles. The Bertz CT molecular complexity index is 559. The van der Waals surface area contributed by atoms with Crippen molar-refractivity contribution in [3.05, 3.63) is 40.5 Å². The maximum Gasteiger partial charge on any atom is 0.154 e. The quantitative estimate of drug-likeness (QED) is 0.747. The van der Waals surface area contributed by atoms with Crippen LogP contribution in [-0.4, -0.2) is 9.78 Å². The molecule has 0 saturated carbocycles. The molecular formula is C15H19ClN2. The van der Waals surface area contributed by atoms with Crippen molar-refractivity contribution in [2.75, 3.05) is 0 Å². The van der Waals surface area contributed by atoms with Crippen molar-refractivity contribution >= 4 is 11.6 Å². The van der Waals surface area contributed by atoms with Crippen LogP contribution in [0.25, 0.3) is 11.3 Å². The molecule has 2 aromatic rings. The van der Waals surface area contributed by atoms with Crippen LogP contribution < -0.4 is 0 Å². The van der Waals surface area contributed by atoms with Crippen LogP contribution in [0.15, 0.2) is 24.3 Å². The van der Waals surface area contributed by atoms with E-state index in [4.69, 9.17) is 11.6 Å². The van der Waals surface area contributed by atoms with Gasteiger partial charge in [0.2, 0.25) is 0 Å². The second-order valence-corrected chi connectivity index (χ2v) is 6.07. The number of hydrogen-bond donors (Lipinski definition) is 0. The van der Waals surface area contributed by atoms with Crippen molar-refractivity contribution in [3.8, 4) is 11.3 Å². The zero-order chi connectivity index (χ0) is 13.5. The van der Waals surface area contributed by atoms with Gasteiger partial charge in [0.25, 0.3) is 0 Å². The molecule has 0 aliphatic heterocycles. The predicted octanol–water partition coefficient (Wildman–Crippen LogP) is 4.35. The van der Waals surface area contributed by atoms with Crippen LogP contribution in [0.2, 0.25) is 5.15 Å². The van der Waals surface area contributed by atoms with Gasteiger partial charge >= 0.3 is 0 Å². The highest BCUT2D eigenvalue weighted by atomic mass is 35.5. The van der Waals surface area contributed by atoms with Gasteiger partial charge < -0.3 is 0 Å². The summed E-state index contributed by atoms with van der Waals surface area (Å²) >= 11 is 6.06. The molecule has 0 radical (unpaired) electrons. The van der Waals surface area contributed by atoms with Crippen molar-refractivity contribution in [2.24, 2.45) is 7.05 Å². The lowest BCUT2D eigenvalue weighted by Crippen LogP contribution is -2.10. The van der Waals surface area contributed by atoms with E-state index < -0.39 is 0 Å². The van der Waals surface area contributed by atoms with Crippen molar-refractivity contribution in [1.82, 2.24) is 9.78 Å². The van der Waals surface area contributed by atoms with E-state index in [0.29, 0.717) is 5.15 Å². The van der Waals surface area contributed by atoms with E-state index >= 15 is 0 Å². The minimum Gasteiger partial charge on any atom is -0.266 e. The third kappa shape index (κ3) is 2.30. The molecule has 0 spiro atoms. The molecule has 0 aliphatic carbocycles. The van der Waals surface area contributed by atoms with Crippen molar-refractivity contribution < 1.29 is 0 Å². The summed E-state index contributed by atoms with van der Waals surface area (Å²) in [5, 5.41) is 4.82. The number of rotatable bonds is 1. The highest BCUT2D eigenvalue weighted by molar-refractivity contribution is 6.30. The lowest BCUT2D eigenvalue weighted by Gasteiger charge is -2.19. The molecule has 18 heavy (non-hydrogen) atoms. The van der Waals surface area contributed by atoms with Crippen LogP contribution in [0.5, 0.6) is 0 Å². The molecule has 0 N–H and O–H groups in total. The second-order valence-electron chi connectivity index (χ2n) is 5.72. The van der Waals surface area contributed by atoms with Crippen LogP contribution in [0, 0.1) is 6.92 Å². The highest BCUT2D eigenvalue weighted by Crippen LogP contribution is 2.30. The highest BCUT2D eigenvalue weighted by Gasteiger charge is 2.15. The molecular weight excluding hydrogens is 244 g/mol. The topological polar surface area (TPSA) is 17.8 Å². The van der Waals surface area contributed by atoms with Gasteiger partial charge in [0.15, 0.2) is 5.15 Å². The number of nitrogens with zero attached hydrogens (tertiary/aromatic N) is 2. The maximum absolute atomic E-state index is 6.06. The van der Waals surface area contributed by atoms with Gasteiger partial charge in [-0.15, -0.1) is 0 Å². The molecule has 2 rings (SSSR count). The van der Waals surface area contributed by atoms with E-state index in [1.165, 1.54) is 5.56 Å². The SMILES string of the molecule is Cc1c(Cl)nn(C)c1-c1ccc(C(C)(C)C)cc1. The fourth-order valence-corrected chi connectivity index (χ4v) is 2.33. The smallest absolute Gasteiger partial charge is 0.154 e. The summed E-state index contributed by atoms with van der Waals surface area (Å²) in [6, 6.07) is 8.63. The Kier molecular flexibility index (Phi) is 3.24. The van der Waals surface area contributed by atoms with Crippen molar-refractivity contribution in [2.45, 2.75) is 33.1 Å². The number of halogens is 1. The van der Waals surface area contributed by atoms with Crippen LogP contribution >= 0.6 is 11.6 Å². The molecule has 0 unspecified atom stereocenters. The summed E-state index contributed by atoms with van der Waals surface area (Å²) in [5.74, 6) is 0. The lowest BCUT2D eigenvalue weighted by molar-refractivity contribution is 0.590. The summed E-state index contributed by atoms with van der Waals surface area (Å²) < 4.78 is 1.84. The predicted molar refractivity (Wildman–Crippen MR) is 77.1 cm³/mol. The Morgan fingerprint density at radius 3 is 2.06 bits per heavy atom. The average Bonchev–Trinajstić information content (AvgIpc) is 2.52. The molecule has 0 amide bonds. The monoisotopic (exact) mass is 262 g/mol. The van der Waals surface area contributed by atoms with Gasteiger partial charge in [-0.2, -0.15) is 5.10 Å². The largest absolute Gasteiger partial charge is 0.266 e. The first-order chi connectivity index (χ1) is 8.30. The van der Waals surface area contributed by atoms with E-state index in [0.717, 1.165) is 16.8 Å². The molecule has 2 nitrogen and oxygen atoms in total. The molecule has 0 bridgehead atoms. The first kappa shape index (κ1) is 13.2. The zero-order valence-electron chi connectivity index (χ0n) is 11.6. The van der Waals surface area contributed by atoms with Gasteiger partial charge in [-0.3, -0.25) is 4.68 Å². The molecule has 0 aliphatic rings. The van der Waals surface area contributed by atoms with Crippen molar-refractivity contribution in [1.29, 1.82) is 0 Å². The third-order valence-electron chi connectivity index (χ3n) is 3.25. The Balaban J connectivity index is 2.47. The van der Waals surface area contributed by atoms with Gasteiger partial charge in [-0.05, 0) is 17.9 Å².